The molecule has 2 N–H and O–H groups in total. The summed E-state index contributed by atoms with van der Waals surface area (Å²) >= 11 is 1.42. The summed E-state index contributed by atoms with van der Waals surface area (Å²) in [5, 5.41) is 12.3. The molecule has 2 aliphatic heterocycles. The maximum Gasteiger partial charge on any atom is 0.310 e. The van der Waals surface area contributed by atoms with E-state index in [1.165, 1.54) is 40.2 Å². The third-order valence-corrected chi connectivity index (χ3v) is 11.6. The standard InChI is InChI=1S/C41H49N5O4S/c1-5-7-27-9-13-30(14-10-27)29-8-6-20-45(21-19-29)33-23-42-37(43-24-33)31-15-11-28(12-16-31)22-34(39(48)46-25-32(26-46)40(49)50)44-38(47)35-17-18-36(51-35)41(2,3)4/h9-18,23-24,29,32,34H,5-8,19-22,25-26H2,1-4H3,(H,44,47)(H,49,50)/t29?,34-/m0/s1. The molecule has 2 saturated heterocycles. The zero-order valence-corrected chi connectivity index (χ0v) is 30.9. The number of likely N-dealkylation sites (tertiary alicyclic amines) is 1. The van der Waals surface area contributed by atoms with Gasteiger partial charge >= 0.3 is 5.97 Å². The monoisotopic (exact) mass is 707 g/mol. The average molecular weight is 708 g/mol. The van der Waals surface area contributed by atoms with Crippen LogP contribution in [0.3, 0.4) is 0 Å². The minimum atomic E-state index is -0.914. The normalized spacial score (nSPS) is 17.4. The van der Waals surface area contributed by atoms with Crippen molar-refractivity contribution < 1.29 is 19.5 Å². The van der Waals surface area contributed by atoms with Crippen LogP contribution in [0.2, 0.25) is 0 Å². The van der Waals surface area contributed by atoms with Gasteiger partial charge in [-0.2, -0.15) is 0 Å². The van der Waals surface area contributed by atoms with Gasteiger partial charge in [-0.05, 0) is 65.8 Å². The highest BCUT2D eigenvalue weighted by atomic mass is 32.1. The van der Waals surface area contributed by atoms with Gasteiger partial charge in [0.15, 0.2) is 5.82 Å². The Morgan fingerprint density at radius 2 is 1.61 bits per heavy atom. The van der Waals surface area contributed by atoms with E-state index in [2.05, 4.69) is 62.2 Å². The number of benzene rings is 2. The first-order valence-corrected chi connectivity index (χ1v) is 19.0. The molecule has 2 atom stereocenters. The lowest BCUT2D eigenvalue weighted by molar-refractivity contribution is -0.153. The number of aryl methyl sites for hydroxylation is 1. The second kappa shape index (κ2) is 15.8. The molecular weight excluding hydrogens is 659 g/mol. The van der Waals surface area contributed by atoms with Gasteiger partial charge in [0.1, 0.15) is 6.04 Å². The van der Waals surface area contributed by atoms with Crippen LogP contribution in [-0.4, -0.2) is 70.0 Å². The number of anilines is 1. The highest BCUT2D eigenvalue weighted by molar-refractivity contribution is 7.14. The number of hydrogen-bond acceptors (Lipinski definition) is 7. The second-order valence-electron chi connectivity index (χ2n) is 15.0. The molecule has 0 aliphatic carbocycles. The smallest absolute Gasteiger partial charge is 0.310 e. The minimum Gasteiger partial charge on any atom is -0.481 e. The van der Waals surface area contributed by atoms with Gasteiger partial charge in [-0.25, -0.2) is 9.97 Å². The lowest BCUT2D eigenvalue weighted by Crippen LogP contribution is -2.59. The Balaban J connectivity index is 1.09. The summed E-state index contributed by atoms with van der Waals surface area (Å²) in [7, 11) is 0. The van der Waals surface area contributed by atoms with Crippen molar-refractivity contribution in [2.24, 2.45) is 5.92 Å². The fourth-order valence-corrected chi connectivity index (χ4v) is 7.89. The van der Waals surface area contributed by atoms with Crippen molar-refractivity contribution >= 4 is 34.8 Å². The maximum atomic E-state index is 13.5. The maximum absolute atomic E-state index is 13.5. The molecule has 9 nitrogen and oxygen atoms in total. The Kier molecular flexibility index (Phi) is 11.2. The zero-order chi connectivity index (χ0) is 36.1. The largest absolute Gasteiger partial charge is 0.481 e. The van der Waals surface area contributed by atoms with Gasteiger partial charge in [-0.3, -0.25) is 14.4 Å². The van der Waals surface area contributed by atoms with E-state index in [0.717, 1.165) is 54.0 Å². The third-order valence-electron chi connectivity index (χ3n) is 10.1. The molecule has 4 heterocycles. The number of carbonyl (C=O) groups is 3. The molecular formula is C41H49N5O4S. The van der Waals surface area contributed by atoms with Crippen LogP contribution in [0.4, 0.5) is 5.69 Å². The van der Waals surface area contributed by atoms with Gasteiger partial charge in [0.2, 0.25) is 5.91 Å². The number of amides is 2. The van der Waals surface area contributed by atoms with Crippen LogP contribution in [-0.2, 0) is 27.8 Å². The summed E-state index contributed by atoms with van der Waals surface area (Å²) in [6, 6.07) is 19.9. The van der Waals surface area contributed by atoms with E-state index < -0.39 is 17.9 Å². The van der Waals surface area contributed by atoms with Gasteiger partial charge < -0.3 is 20.2 Å². The highest BCUT2D eigenvalue weighted by Gasteiger charge is 2.39. The van der Waals surface area contributed by atoms with Crippen LogP contribution in [0.1, 0.15) is 90.5 Å². The quantitative estimate of drug-likeness (QED) is 0.171. The lowest BCUT2D eigenvalue weighted by atomic mass is 9.91. The first-order chi connectivity index (χ1) is 24.5. The Morgan fingerprint density at radius 3 is 2.24 bits per heavy atom. The second-order valence-corrected chi connectivity index (χ2v) is 16.1. The molecule has 2 amide bonds. The van der Waals surface area contributed by atoms with Crippen molar-refractivity contribution in [1.82, 2.24) is 20.2 Å². The molecule has 2 aromatic carbocycles. The lowest BCUT2D eigenvalue weighted by Gasteiger charge is -2.38. The Hall–Kier alpha value is -4.57. The predicted molar refractivity (Wildman–Crippen MR) is 202 cm³/mol. The number of nitrogens with one attached hydrogen (secondary N) is 1. The van der Waals surface area contributed by atoms with E-state index in [1.54, 1.807) is 6.07 Å². The number of aromatic nitrogens is 2. The molecule has 4 aromatic rings. The molecule has 51 heavy (non-hydrogen) atoms. The molecule has 0 saturated carbocycles. The molecule has 1 unspecified atom stereocenters. The van der Waals surface area contributed by atoms with E-state index in [1.807, 2.05) is 42.7 Å². The van der Waals surface area contributed by atoms with Crippen LogP contribution in [0.25, 0.3) is 11.4 Å². The number of carbonyl (C=O) groups excluding carboxylic acids is 2. The summed E-state index contributed by atoms with van der Waals surface area (Å²) in [6.07, 6.45) is 9.79. The van der Waals surface area contributed by atoms with Gasteiger partial charge in [0.25, 0.3) is 5.91 Å². The number of carboxylic acids is 1. The summed E-state index contributed by atoms with van der Waals surface area (Å²) < 4.78 is 0. The molecule has 10 heteroatoms. The Bertz CT molecular complexity index is 1810. The molecule has 2 fully saturated rings. The number of carboxylic acid groups (broad SMARTS) is 1. The van der Waals surface area contributed by atoms with Crippen molar-refractivity contribution in [2.75, 3.05) is 31.1 Å². The van der Waals surface area contributed by atoms with E-state index in [9.17, 15) is 19.5 Å². The molecule has 2 aliphatic rings. The van der Waals surface area contributed by atoms with Crippen LogP contribution in [0, 0.1) is 5.92 Å². The van der Waals surface area contributed by atoms with Gasteiger partial charge in [0, 0.05) is 43.0 Å². The number of hydrogen-bond donors (Lipinski definition) is 2. The van der Waals surface area contributed by atoms with E-state index in [4.69, 9.17) is 9.97 Å². The molecule has 2 aromatic heterocycles. The number of aliphatic carboxylic acids is 1. The fraction of sp³-hybridized carbons (Fsp3) is 0.439. The summed E-state index contributed by atoms with van der Waals surface area (Å²) in [5.41, 5.74) is 5.52. The van der Waals surface area contributed by atoms with E-state index in [0.29, 0.717) is 16.6 Å². The van der Waals surface area contributed by atoms with E-state index in [-0.39, 0.29) is 36.7 Å². The molecule has 6 rings (SSSR count). The summed E-state index contributed by atoms with van der Waals surface area (Å²) in [5.74, 6) is -0.887. The van der Waals surface area contributed by atoms with Crippen LogP contribution in [0.15, 0.2) is 73.1 Å². The molecule has 268 valence electrons. The van der Waals surface area contributed by atoms with Crippen molar-refractivity contribution in [3.05, 3.63) is 99.5 Å². The van der Waals surface area contributed by atoms with Crippen LogP contribution in [0.5, 0.6) is 0 Å². The van der Waals surface area contributed by atoms with Gasteiger partial charge in [0.05, 0.1) is 28.9 Å². The number of thiophene rings is 1. The van der Waals surface area contributed by atoms with Crippen molar-refractivity contribution in [2.45, 2.75) is 83.6 Å². The molecule has 0 spiro atoms. The molecule has 0 radical (unpaired) electrons. The van der Waals surface area contributed by atoms with Gasteiger partial charge in [-0.1, -0.05) is 82.6 Å². The number of nitrogens with zero attached hydrogens (tertiary/aromatic N) is 4. The van der Waals surface area contributed by atoms with Crippen molar-refractivity contribution in [3.8, 4) is 11.4 Å². The van der Waals surface area contributed by atoms with Gasteiger partial charge in [-0.15, -0.1) is 11.3 Å². The fourth-order valence-electron chi connectivity index (χ4n) is 6.92. The van der Waals surface area contributed by atoms with Crippen molar-refractivity contribution in [1.29, 1.82) is 0 Å². The molecule has 0 bridgehead atoms. The minimum absolute atomic E-state index is 0.0917. The first-order valence-electron chi connectivity index (χ1n) is 18.2. The predicted octanol–water partition coefficient (Wildman–Crippen LogP) is 7.11. The van der Waals surface area contributed by atoms with Crippen LogP contribution >= 0.6 is 11.3 Å². The highest BCUT2D eigenvalue weighted by Crippen LogP contribution is 2.31. The topological polar surface area (TPSA) is 116 Å². The Labute approximate surface area is 305 Å². The first kappa shape index (κ1) is 36.2. The van der Waals surface area contributed by atoms with Crippen LogP contribution < -0.4 is 10.2 Å². The van der Waals surface area contributed by atoms with E-state index >= 15 is 0 Å². The summed E-state index contributed by atoms with van der Waals surface area (Å²) in [6.45, 7) is 10.7. The third kappa shape index (κ3) is 8.84. The summed E-state index contributed by atoms with van der Waals surface area (Å²) in [4.78, 5) is 53.2. The zero-order valence-electron chi connectivity index (χ0n) is 30.1. The SMILES string of the molecule is CCCc1ccc(C2CCCN(c3cnc(-c4ccc(C[C@H](NC(=O)c5ccc(C(C)(C)C)s5)C(=O)N5CC(C(=O)O)C5)cc4)nc3)CC2)cc1. The average Bonchev–Trinajstić information content (AvgIpc) is 3.49. The number of rotatable bonds is 11. The van der Waals surface area contributed by atoms with Crippen molar-refractivity contribution in [3.63, 3.8) is 0 Å². The Morgan fingerprint density at radius 1 is 0.922 bits per heavy atom.